The molecule has 5 heteroatoms. The fourth-order valence-corrected chi connectivity index (χ4v) is 1.87. The van der Waals surface area contributed by atoms with Crippen molar-refractivity contribution in [3.05, 3.63) is 16.6 Å². The van der Waals surface area contributed by atoms with Crippen molar-refractivity contribution in [3.8, 4) is 0 Å². The fraction of sp³-hybridized carbons (Fsp3) is 0.700. The molecule has 0 saturated heterocycles. The lowest BCUT2D eigenvalue weighted by Crippen LogP contribution is -2.32. The molecule has 0 aliphatic heterocycles. The third-order valence-electron chi connectivity index (χ3n) is 2.09. The number of nitrogens with zero attached hydrogens (tertiary/aromatic N) is 1. The Kier molecular flexibility index (Phi) is 6.50. The molecular formula is C10H18N2O2S. The van der Waals surface area contributed by atoms with Crippen molar-refractivity contribution in [3.63, 3.8) is 0 Å². The van der Waals surface area contributed by atoms with Crippen LogP contribution in [0.2, 0.25) is 0 Å². The molecule has 15 heavy (non-hydrogen) atoms. The summed E-state index contributed by atoms with van der Waals surface area (Å²) in [7, 11) is 3.63. The Bertz CT molecular complexity index is 242. The average Bonchev–Trinajstić information content (AvgIpc) is 2.75. The van der Waals surface area contributed by atoms with Crippen LogP contribution in [0, 0.1) is 0 Å². The maximum absolute atomic E-state index is 5.47. The van der Waals surface area contributed by atoms with E-state index in [4.69, 9.17) is 9.47 Å². The number of likely N-dealkylation sites (N-methyl/N-ethyl adjacent to an activating group) is 1. The summed E-state index contributed by atoms with van der Waals surface area (Å²) in [6.45, 7) is 2.01. The molecule has 1 atom stereocenters. The minimum atomic E-state index is 0.349. The SMILES string of the molecule is CNC(COCCOC)Cc1cncs1. The molecule has 1 aromatic rings. The Morgan fingerprint density at radius 2 is 2.40 bits per heavy atom. The minimum absolute atomic E-state index is 0.349. The summed E-state index contributed by atoms with van der Waals surface area (Å²) in [5, 5.41) is 3.23. The molecule has 1 N–H and O–H groups in total. The van der Waals surface area contributed by atoms with E-state index in [1.807, 2.05) is 18.8 Å². The summed E-state index contributed by atoms with van der Waals surface area (Å²) in [5.41, 5.74) is 1.85. The van der Waals surface area contributed by atoms with Crippen LogP contribution in [-0.2, 0) is 15.9 Å². The molecule has 86 valence electrons. The molecule has 0 fully saturated rings. The van der Waals surface area contributed by atoms with Gasteiger partial charge in [-0.05, 0) is 7.05 Å². The first-order valence-corrected chi connectivity index (χ1v) is 5.86. The molecule has 0 radical (unpaired) electrons. The van der Waals surface area contributed by atoms with Crippen molar-refractivity contribution >= 4 is 11.3 Å². The number of nitrogens with one attached hydrogen (secondary N) is 1. The molecule has 0 aliphatic rings. The lowest BCUT2D eigenvalue weighted by atomic mass is 10.2. The van der Waals surface area contributed by atoms with Gasteiger partial charge < -0.3 is 14.8 Å². The van der Waals surface area contributed by atoms with E-state index in [1.165, 1.54) is 4.88 Å². The van der Waals surface area contributed by atoms with Gasteiger partial charge in [-0.1, -0.05) is 0 Å². The van der Waals surface area contributed by atoms with Crippen molar-refractivity contribution in [2.75, 3.05) is 34.0 Å². The van der Waals surface area contributed by atoms with E-state index in [0.29, 0.717) is 25.9 Å². The fourth-order valence-electron chi connectivity index (χ4n) is 1.20. The van der Waals surface area contributed by atoms with E-state index in [0.717, 1.165) is 6.42 Å². The standard InChI is InChI=1S/C10H18N2O2S/c1-11-9(7-14-4-3-13-2)5-10-6-12-8-15-10/h6,8-9,11H,3-5,7H2,1-2H3. The van der Waals surface area contributed by atoms with Gasteiger partial charge in [0.05, 0.1) is 25.3 Å². The van der Waals surface area contributed by atoms with E-state index < -0.39 is 0 Å². The molecule has 0 amide bonds. The molecule has 0 bridgehead atoms. The largest absolute Gasteiger partial charge is 0.382 e. The predicted molar refractivity (Wildman–Crippen MR) is 61.4 cm³/mol. The molecule has 0 saturated carbocycles. The van der Waals surface area contributed by atoms with Gasteiger partial charge in [-0.3, -0.25) is 4.98 Å². The van der Waals surface area contributed by atoms with Crippen LogP contribution in [0.4, 0.5) is 0 Å². The van der Waals surface area contributed by atoms with Crippen LogP contribution in [0.15, 0.2) is 11.7 Å². The first-order valence-electron chi connectivity index (χ1n) is 4.98. The highest BCUT2D eigenvalue weighted by atomic mass is 32.1. The Morgan fingerprint density at radius 1 is 1.53 bits per heavy atom. The zero-order chi connectivity index (χ0) is 10.9. The zero-order valence-corrected chi connectivity index (χ0v) is 10.0. The number of aromatic nitrogens is 1. The summed E-state index contributed by atoms with van der Waals surface area (Å²) >= 11 is 1.68. The lowest BCUT2D eigenvalue weighted by molar-refractivity contribution is 0.0599. The van der Waals surface area contributed by atoms with Gasteiger partial charge in [0.15, 0.2) is 0 Å². The second kappa shape index (κ2) is 7.76. The monoisotopic (exact) mass is 230 g/mol. The summed E-state index contributed by atoms with van der Waals surface area (Å²) in [6, 6.07) is 0.349. The molecule has 1 aromatic heterocycles. The van der Waals surface area contributed by atoms with Crippen LogP contribution in [-0.4, -0.2) is 45.0 Å². The number of methoxy groups -OCH3 is 1. The number of thiazole rings is 1. The zero-order valence-electron chi connectivity index (χ0n) is 9.23. The third kappa shape index (κ3) is 5.22. The van der Waals surface area contributed by atoms with Crippen LogP contribution in [0.5, 0.6) is 0 Å². The maximum Gasteiger partial charge on any atom is 0.0794 e. The van der Waals surface area contributed by atoms with Crippen molar-refractivity contribution in [2.45, 2.75) is 12.5 Å². The molecule has 0 spiro atoms. The summed E-state index contributed by atoms with van der Waals surface area (Å²) in [5.74, 6) is 0. The smallest absolute Gasteiger partial charge is 0.0794 e. The van der Waals surface area contributed by atoms with Gasteiger partial charge >= 0.3 is 0 Å². The van der Waals surface area contributed by atoms with Crippen molar-refractivity contribution in [1.82, 2.24) is 10.3 Å². The highest BCUT2D eigenvalue weighted by molar-refractivity contribution is 7.09. The number of rotatable bonds is 8. The van der Waals surface area contributed by atoms with Crippen LogP contribution in [0.1, 0.15) is 4.88 Å². The summed E-state index contributed by atoms with van der Waals surface area (Å²) in [4.78, 5) is 5.33. The Balaban J connectivity index is 2.18. The normalized spacial score (nSPS) is 12.9. The Labute approximate surface area is 94.6 Å². The van der Waals surface area contributed by atoms with Crippen LogP contribution in [0.25, 0.3) is 0 Å². The molecule has 1 rings (SSSR count). The number of hydrogen-bond donors (Lipinski definition) is 1. The second-order valence-electron chi connectivity index (χ2n) is 3.23. The Morgan fingerprint density at radius 3 is 3.00 bits per heavy atom. The first-order chi connectivity index (χ1) is 7.36. The van der Waals surface area contributed by atoms with Crippen molar-refractivity contribution < 1.29 is 9.47 Å². The van der Waals surface area contributed by atoms with E-state index in [2.05, 4.69) is 10.3 Å². The van der Waals surface area contributed by atoms with Gasteiger partial charge in [-0.25, -0.2) is 0 Å². The first kappa shape index (κ1) is 12.6. The van der Waals surface area contributed by atoms with Gasteiger partial charge in [0, 0.05) is 30.6 Å². The molecule has 0 aromatic carbocycles. The number of ether oxygens (including phenoxy) is 2. The highest BCUT2D eigenvalue weighted by Gasteiger charge is 2.08. The van der Waals surface area contributed by atoms with E-state index >= 15 is 0 Å². The average molecular weight is 230 g/mol. The quantitative estimate of drug-likeness (QED) is 0.675. The van der Waals surface area contributed by atoms with Gasteiger partial charge in [0.1, 0.15) is 0 Å². The van der Waals surface area contributed by atoms with E-state index in [-0.39, 0.29) is 0 Å². The third-order valence-corrected chi connectivity index (χ3v) is 2.89. The van der Waals surface area contributed by atoms with E-state index in [1.54, 1.807) is 18.4 Å². The number of hydrogen-bond acceptors (Lipinski definition) is 5. The van der Waals surface area contributed by atoms with Gasteiger partial charge in [-0.15, -0.1) is 11.3 Å². The van der Waals surface area contributed by atoms with E-state index in [9.17, 15) is 0 Å². The minimum Gasteiger partial charge on any atom is -0.382 e. The highest BCUT2D eigenvalue weighted by Crippen LogP contribution is 2.08. The summed E-state index contributed by atoms with van der Waals surface area (Å²) in [6.07, 6.45) is 2.87. The maximum atomic E-state index is 5.47. The molecule has 1 unspecified atom stereocenters. The van der Waals surface area contributed by atoms with Crippen LogP contribution in [0.3, 0.4) is 0 Å². The second-order valence-corrected chi connectivity index (χ2v) is 4.20. The summed E-state index contributed by atoms with van der Waals surface area (Å²) < 4.78 is 10.4. The molecule has 0 aliphatic carbocycles. The molecule has 1 heterocycles. The molecular weight excluding hydrogens is 212 g/mol. The Hall–Kier alpha value is -0.490. The predicted octanol–water partition coefficient (Wildman–Crippen LogP) is 0.937. The topological polar surface area (TPSA) is 43.4 Å². The van der Waals surface area contributed by atoms with Gasteiger partial charge in [0.25, 0.3) is 0 Å². The van der Waals surface area contributed by atoms with Gasteiger partial charge in [0.2, 0.25) is 0 Å². The van der Waals surface area contributed by atoms with Crippen molar-refractivity contribution in [1.29, 1.82) is 0 Å². The van der Waals surface area contributed by atoms with Crippen LogP contribution < -0.4 is 5.32 Å². The van der Waals surface area contributed by atoms with Crippen LogP contribution >= 0.6 is 11.3 Å². The molecule has 4 nitrogen and oxygen atoms in total. The lowest BCUT2D eigenvalue weighted by Gasteiger charge is -2.15. The van der Waals surface area contributed by atoms with Gasteiger partial charge in [-0.2, -0.15) is 0 Å². The van der Waals surface area contributed by atoms with Crippen molar-refractivity contribution in [2.24, 2.45) is 0 Å².